The van der Waals surface area contributed by atoms with Gasteiger partial charge in [0.1, 0.15) is 18.4 Å². The van der Waals surface area contributed by atoms with Gasteiger partial charge >= 0.3 is 12.4 Å². The highest BCUT2D eigenvalue weighted by Gasteiger charge is 2.34. The Bertz CT molecular complexity index is 1110. The number of hydrogen-bond acceptors (Lipinski definition) is 5. The van der Waals surface area contributed by atoms with Crippen molar-refractivity contribution in [1.29, 1.82) is 0 Å². The van der Waals surface area contributed by atoms with Crippen molar-refractivity contribution in [1.82, 2.24) is 14.8 Å². The third-order valence-electron chi connectivity index (χ3n) is 4.31. The molecule has 13 heteroatoms. The van der Waals surface area contributed by atoms with E-state index in [0.717, 1.165) is 35.3 Å². The van der Waals surface area contributed by atoms with Crippen LogP contribution in [0.1, 0.15) is 18.1 Å². The zero-order valence-corrected chi connectivity index (χ0v) is 17.0. The normalized spacial score (nSPS) is 11.8. The summed E-state index contributed by atoms with van der Waals surface area (Å²) in [5.74, 6) is -0.876. The molecule has 2 N–H and O–H groups in total. The number of amides is 1. The van der Waals surface area contributed by atoms with E-state index >= 15 is 0 Å². The Balaban J connectivity index is 1.82. The van der Waals surface area contributed by atoms with Crippen molar-refractivity contribution >= 4 is 17.3 Å². The number of ether oxygens (including phenoxy) is 1. The molecule has 0 aliphatic heterocycles. The topological polar surface area (TPSA) is 81.1 Å². The van der Waals surface area contributed by atoms with Crippen LogP contribution >= 0.6 is 0 Å². The summed E-state index contributed by atoms with van der Waals surface area (Å²) < 4.78 is 85.7. The van der Waals surface area contributed by atoms with Gasteiger partial charge in [-0.1, -0.05) is 0 Å². The minimum Gasteiger partial charge on any atom is -0.494 e. The van der Waals surface area contributed by atoms with Gasteiger partial charge in [-0.25, -0.2) is 9.67 Å². The fourth-order valence-corrected chi connectivity index (χ4v) is 2.88. The maximum Gasteiger partial charge on any atom is 0.418 e. The fraction of sp³-hybridized carbons (Fsp3) is 0.250. The minimum absolute atomic E-state index is 0.00117. The smallest absolute Gasteiger partial charge is 0.418 e. The van der Waals surface area contributed by atoms with Gasteiger partial charge in [0.15, 0.2) is 0 Å². The number of hydrogen-bond donors (Lipinski definition) is 2. The molecule has 0 saturated heterocycles. The first-order valence-electron chi connectivity index (χ1n) is 9.43. The molecule has 1 aromatic heterocycles. The lowest BCUT2D eigenvalue weighted by atomic mass is 10.1. The second kappa shape index (κ2) is 9.38. The van der Waals surface area contributed by atoms with Gasteiger partial charge in [-0.2, -0.15) is 31.4 Å². The maximum absolute atomic E-state index is 13.4. The molecule has 3 rings (SSSR count). The molecular formula is C20H17F6N5O2. The van der Waals surface area contributed by atoms with Crippen LogP contribution in [0.25, 0.3) is 5.69 Å². The van der Waals surface area contributed by atoms with Crippen LogP contribution in [-0.2, 0) is 17.1 Å². The average Bonchev–Trinajstić information content (AvgIpc) is 3.26. The van der Waals surface area contributed by atoms with Crippen molar-refractivity contribution in [3.63, 3.8) is 0 Å². The predicted octanol–water partition coefficient (Wildman–Crippen LogP) is 4.75. The van der Waals surface area contributed by atoms with Crippen LogP contribution in [0.3, 0.4) is 0 Å². The Hall–Kier alpha value is -3.77. The Morgan fingerprint density at radius 1 is 1.03 bits per heavy atom. The van der Waals surface area contributed by atoms with E-state index in [1.807, 2.05) is 0 Å². The molecule has 33 heavy (non-hydrogen) atoms. The molecule has 0 radical (unpaired) electrons. The largest absolute Gasteiger partial charge is 0.494 e. The number of anilines is 2. The van der Waals surface area contributed by atoms with E-state index in [9.17, 15) is 31.1 Å². The summed E-state index contributed by atoms with van der Waals surface area (Å²) in [6, 6.07) is 5.79. The first-order chi connectivity index (χ1) is 15.5. The van der Waals surface area contributed by atoms with Gasteiger partial charge in [0.2, 0.25) is 5.91 Å². The molecular weight excluding hydrogens is 456 g/mol. The van der Waals surface area contributed by atoms with E-state index in [0.29, 0.717) is 6.07 Å². The molecule has 3 aromatic rings. The zero-order valence-electron chi connectivity index (χ0n) is 17.0. The number of aromatic nitrogens is 3. The Morgan fingerprint density at radius 2 is 1.79 bits per heavy atom. The first kappa shape index (κ1) is 23.9. The number of halogens is 6. The monoisotopic (exact) mass is 473 g/mol. The molecule has 176 valence electrons. The van der Waals surface area contributed by atoms with Crippen LogP contribution < -0.4 is 15.4 Å². The molecule has 0 aliphatic carbocycles. The molecule has 7 nitrogen and oxygen atoms in total. The number of carbonyl (C=O) groups is 1. The van der Waals surface area contributed by atoms with Crippen molar-refractivity contribution in [3.05, 3.63) is 60.2 Å². The summed E-state index contributed by atoms with van der Waals surface area (Å²) in [4.78, 5) is 16.1. The van der Waals surface area contributed by atoms with E-state index in [1.54, 1.807) is 6.92 Å². The quantitative estimate of drug-likeness (QED) is 0.484. The molecule has 0 saturated carbocycles. The third kappa shape index (κ3) is 5.93. The van der Waals surface area contributed by atoms with Crippen LogP contribution in [0.4, 0.5) is 37.7 Å². The number of alkyl halides is 6. The van der Waals surface area contributed by atoms with Crippen molar-refractivity contribution < 1.29 is 35.9 Å². The number of nitrogens with zero attached hydrogens (tertiary/aromatic N) is 3. The molecule has 0 atom stereocenters. The molecule has 1 heterocycles. The average molecular weight is 473 g/mol. The second-order valence-electron chi connectivity index (χ2n) is 6.61. The van der Waals surface area contributed by atoms with Crippen molar-refractivity contribution in [2.24, 2.45) is 0 Å². The van der Waals surface area contributed by atoms with Crippen LogP contribution in [0.15, 0.2) is 49.1 Å². The molecule has 0 bridgehead atoms. The van der Waals surface area contributed by atoms with Crippen molar-refractivity contribution in [2.45, 2.75) is 19.3 Å². The van der Waals surface area contributed by atoms with Gasteiger partial charge in [-0.3, -0.25) is 4.79 Å². The summed E-state index contributed by atoms with van der Waals surface area (Å²) in [5, 5.41) is 8.46. The second-order valence-corrected chi connectivity index (χ2v) is 6.61. The van der Waals surface area contributed by atoms with Gasteiger partial charge < -0.3 is 15.4 Å². The fourth-order valence-electron chi connectivity index (χ4n) is 2.88. The highest BCUT2D eigenvalue weighted by molar-refractivity contribution is 5.95. The number of carbonyl (C=O) groups excluding carboxylic acids is 1. The lowest BCUT2D eigenvalue weighted by Gasteiger charge is -2.17. The van der Waals surface area contributed by atoms with Gasteiger partial charge in [-0.05, 0) is 43.3 Å². The molecule has 0 spiro atoms. The zero-order chi connectivity index (χ0) is 24.2. The van der Waals surface area contributed by atoms with Gasteiger partial charge in [0.05, 0.1) is 35.7 Å². The lowest BCUT2D eigenvalue weighted by molar-refractivity contribution is -0.138. The van der Waals surface area contributed by atoms with Crippen LogP contribution in [0.5, 0.6) is 5.75 Å². The van der Waals surface area contributed by atoms with Gasteiger partial charge in [-0.15, -0.1) is 0 Å². The molecule has 0 unspecified atom stereocenters. The van der Waals surface area contributed by atoms with Gasteiger partial charge in [0.25, 0.3) is 0 Å². The predicted molar refractivity (Wildman–Crippen MR) is 106 cm³/mol. The Labute approximate surface area is 183 Å². The highest BCUT2D eigenvalue weighted by atomic mass is 19.4. The Morgan fingerprint density at radius 3 is 2.39 bits per heavy atom. The maximum atomic E-state index is 13.4. The number of benzene rings is 2. The highest BCUT2D eigenvalue weighted by Crippen LogP contribution is 2.37. The number of rotatable bonds is 7. The standard InChI is InChI=1S/C20H17F6N5O2/c1-2-33-13-4-5-15(14(8-13)20(24,25)26)28-9-18(32)30-16-7-12(19(21,22)23)3-6-17(16)31-11-27-10-29-31/h3-8,10-11,28H,2,9H2,1H3,(H,30,32). The van der Waals surface area contributed by atoms with E-state index in [4.69, 9.17) is 4.74 Å². The summed E-state index contributed by atoms with van der Waals surface area (Å²) in [6.45, 7) is 1.13. The molecule has 0 fully saturated rings. The summed E-state index contributed by atoms with van der Waals surface area (Å²) in [6.07, 6.45) is -7.04. The molecule has 2 aromatic carbocycles. The lowest BCUT2D eigenvalue weighted by Crippen LogP contribution is -2.24. The summed E-state index contributed by atoms with van der Waals surface area (Å²) in [7, 11) is 0. The van der Waals surface area contributed by atoms with Crippen LogP contribution in [0, 0.1) is 0 Å². The van der Waals surface area contributed by atoms with Crippen LogP contribution in [-0.4, -0.2) is 33.8 Å². The van der Waals surface area contributed by atoms with Gasteiger partial charge in [0, 0.05) is 5.69 Å². The minimum atomic E-state index is -4.73. The molecule has 0 aliphatic rings. The first-order valence-corrected chi connectivity index (χ1v) is 9.43. The van der Waals surface area contributed by atoms with E-state index in [2.05, 4.69) is 20.7 Å². The third-order valence-corrected chi connectivity index (χ3v) is 4.31. The van der Waals surface area contributed by atoms with Crippen molar-refractivity contribution in [2.75, 3.05) is 23.8 Å². The summed E-state index contributed by atoms with van der Waals surface area (Å²) >= 11 is 0. The van der Waals surface area contributed by atoms with E-state index in [-0.39, 0.29) is 29.4 Å². The van der Waals surface area contributed by atoms with E-state index < -0.39 is 35.9 Å². The number of nitrogens with one attached hydrogen (secondary N) is 2. The molecule has 1 amide bonds. The van der Waals surface area contributed by atoms with Crippen molar-refractivity contribution in [3.8, 4) is 11.4 Å². The summed E-state index contributed by atoms with van der Waals surface area (Å²) in [5.41, 5.74) is -2.62. The van der Waals surface area contributed by atoms with E-state index in [1.165, 1.54) is 12.4 Å². The van der Waals surface area contributed by atoms with Crippen LogP contribution in [0.2, 0.25) is 0 Å². The SMILES string of the molecule is CCOc1ccc(NCC(=O)Nc2cc(C(F)(F)F)ccc2-n2cncn2)c(C(F)(F)F)c1. The Kier molecular flexibility index (Phi) is 6.79.